The van der Waals surface area contributed by atoms with Crippen molar-refractivity contribution >= 4 is 15.9 Å². The molecule has 0 fully saturated rings. The summed E-state index contributed by atoms with van der Waals surface area (Å²) in [6.07, 6.45) is 1.65. The van der Waals surface area contributed by atoms with Crippen molar-refractivity contribution in [3.8, 4) is 11.8 Å². The van der Waals surface area contributed by atoms with Crippen molar-refractivity contribution in [2.24, 2.45) is 0 Å². The van der Waals surface area contributed by atoms with Gasteiger partial charge in [0, 0.05) is 5.69 Å². The van der Waals surface area contributed by atoms with Crippen molar-refractivity contribution in [3.05, 3.63) is 46.5 Å². The third kappa shape index (κ3) is 2.25. The molecule has 0 spiro atoms. The molecule has 3 nitrogen and oxygen atoms in total. The Hall–Kier alpha value is -1.60. The lowest BCUT2D eigenvalue weighted by Gasteiger charge is -2.09. The predicted octanol–water partition coefficient (Wildman–Crippen LogP) is 3.63. The summed E-state index contributed by atoms with van der Waals surface area (Å²) in [4.78, 5) is 4.04. The maximum atomic E-state index is 8.87. The summed E-state index contributed by atoms with van der Waals surface area (Å²) in [7, 11) is 0. The number of nitriles is 1. The maximum absolute atomic E-state index is 8.87. The lowest BCUT2D eigenvalue weighted by atomic mass is 10.0. The van der Waals surface area contributed by atoms with E-state index in [4.69, 9.17) is 5.26 Å². The summed E-state index contributed by atoms with van der Waals surface area (Å²) in [5.41, 5.74) is 2.68. The third-order valence-electron chi connectivity index (χ3n) is 2.63. The van der Waals surface area contributed by atoms with Crippen molar-refractivity contribution in [2.75, 3.05) is 0 Å². The molecule has 1 heterocycles. The molecule has 0 aliphatic heterocycles. The first-order valence-electron chi connectivity index (χ1n) is 5.36. The average Bonchev–Trinajstić information content (AvgIpc) is 2.70. The van der Waals surface area contributed by atoms with E-state index in [9.17, 15) is 0 Å². The molecule has 2 aromatic rings. The normalized spacial score (nSPS) is 10.5. The number of hydrogen-bond donors (Lipinski definition) is 0. The van der Waals surface area contributed by atoms with E-state index in [1.54, 1.807) is 6.33 Å². The van der Waals surface area contributed by atoms with E-state index < -0.39 is 0 Å². The van der Waals surface area contributed by atoms with Crippen LogP contribution in [0.25, 0.3) is 5.69 Å². The van der Waals surface area contributed by atoms with Gasteiger partial charge in [0.1, 0.15) is 17.0 Å². The molecule has 86 valence electrons. The van der Waals surface area contributed by atoms with E-state index >= 15 is 0 Å². The zero-order valence-corrected chi connectivity index (χ0v) is 11.3. The highest BCUT2D eigenvalue weighted by Gasteiger charge is 2.09. The van der Waals surface area contributed by atoms with Gasteiger partial charge in [-0.25, -0.2) is 4.98 Å². The number of imidazole rings is 1. The molecular weight excluding hydrogens is 278 g/mol. The van der Waals surface area contributed by atoms with Gasteiger partial charge < -0.3 is 0 Å². The highest BCUT2D eigenvalue weighted by molar-refractivity contribution is 9.10. The maximum Gasteiger partial charge on any atom is 0.173 e. The van der Waals surface area contributed by atoms with Gasteiger partial charge >= 0.3 is 0 Å². The van der Waals surface area contributed by atoms with E-state index in [-0.39, 0.29) is 0 Å². The molecule has 0 amide bonds. The van der Waals surface area contributed by atoms with Gasteiger partial charge in [-0.05, 0) is 39.5 Å². The van der Waals surface area contributed by atoms with Crippen LogP contribution in [0.15, 0.2) is 35.2 Å². The molecule has 0 radical (unpaired) electrons. The molecule has 0 saturated heterocycles. The van der Waals surface area contributed by atoms with Crippen LogP contribution in [0.1, 0.15) is 31.0 Å². The van der Waals surface area contributed by atoms with Gasteiger partial charge in [0.05, 0.1) is 0 Å². The van der Waals surface area contributed by atoms with Gasteiger partial charge in [-0.1, -0.05) is 26.0 Å². The summed E-state index contributed by atoms with van der Waals surface area (Å²) in [6.45, 7) is 4.31. The number of halogens is 1. The number of rotatable bonds is 2. The molecular formula is C13H12BrN3. The zero-order valence-electron chi connectivity index (χ0n) is 9.68. The first-order chi connectivity index (χ1) is 8.13. The van der Waals surface area contributed by atoms with Gasteiger partial charge in [0.25, 0.3) is 0 Å². The van der Waals surface area contributed by atoms with Gasteiger partial charge in [-0.15, -0.1) is 0 Å². The van der Waals surface area contributed by atoms with Crippen molar-refractivity contribution in [1.82, 2.24) is 9.55 Å². The minimum absolute atomic E-state index is 0.403. The van der Waals surface area contributed by atoms with Crippen LogP contribution in [0.2, 0.25) is 0 Å². The van der Waals surface area contributed by atoms with Crippen molar-refractivity contribution in [2.45, 2.75) is 19.8 Å². The number of benzene rings is 1. The fourth-order valence-corrected chi connectivity index (χ4v) is 2.11. The van der Waals surface area contributed by atoms with Gasteiger partial charge in [-0.3, -0.25) is 4.57 Å². The van der Waals surface area contributed by atoms with E-state index in [1.165, 1.54) is 5.56 Å². The lowest BCUT2D eigenvalue weighted by molar-refractivity contribution is 0.862. The number of aromatic nitrogens is 2. The fraction of sp³-hybridized carbons (Fsp3) is 0.231. The van der Waals surface area contributed by atoms with Crippen LogP contribution in [0.3, 0.4) is 0 Å². The topological polar surface area (TPSA) is 41.6 Å². The fourth-order valence-electron chi connectivity index (χ4n) is 1.62. The smallest absolute Gasteiger partial charge is 0.173 e. The molecule has 17 heavy (non-hydrogen) atoms. The van der Waals surface area contributed by atoms with Crippen LogP contribution in [-0.4, -0.2) is 9.55 Å². The van der Waals surface area contributed by atoms with Gasteiger partial charge in [0.15, 0.2) is 5.69 Å². The van der Waals surface area contributed by atoms with E-state index in [1.807, 2.05) is 22.8 Å². The molecule has 2 rings (SSSR count). The minimum atomic E-state index is 0.403. The monoisotopic (exact) mass is 289 g/mol. The summed E-state index contributed by atoms with van der Waals surface area (Å²) >= 11 is 3.39. The second-order valence-electron chi connectivity index (χ2n) is 4.12. The third-order valence-corrected chi connectivity index (χ3v) is 3.39. The van der Waals surface area contributed by atoms with Crippen LogP contribution in [-0.2, 0) is 0 Å². The second kappa shape index (κ2) is 4.72. The van der Waals surface area contributed by atoms with Gasteiger partial charge in [-0.2, -0.15) is 5.26 Å². The second-order valence-corrected chi connectivity index (χ2v) is 4.87. The Morgan fingerprint density at radius 1 is 1.41 bits per heavy atom. The number of hydrogen-bond acceptors (Lipinski definition) is 2. The van der Waals surface area contributed by atoms with E-state index in [0.717, 1.165) is 5.69 Å². The molecule has 1 aromatic carbocycles. The summed E-state index contributed by atoms with van der Waals surface area (Å²) in [6, 6.07) is 10.3. The largest absolute Gasteiger partial charge is 0.292 e. The standard InChI is InChI=1S/C13H12BrN3/c1-9(2)10-4-3-5-11(6-10)17-8-16-12(7-15)13(17)14/h3-6,8-9H,1-2H3. The molecule has 0 saturated carbocycles. The van der Waals surface area contributed by atoms with Crippen LogP contribution >= 0.6 is 15.9 Å². The number of nitrogens with zero attached hydrogens (tertiary/aromatic N) is 3. The van der Waals surface area contributed by atoms with Crippen LogP contribution < -0.4 is 0 Å². The molecule has 1 aromatic heterocycles. The van der Waals surface area contributed by atoms with Crippen molar-refractivity contribution in [3.63, 3.8) is 0 Å². The Bertz CT molecular complexity index is 579. The Kier molecular flexibility index (Phi) is 3.30. The van der Waals surface area contributed by atoms with E-state index in [0.29, 0.717) is 16.2 Å². The Labute approximate surface area is 109 Å². The Morgan fingerprint density at radius 2 is 2.18 bits per heavy atom. The molecule has 0 aliphatic carbocycles. The summed E-state index contributed by atoms with van der Waals surface area (Å²) < 4.78 is 2.56. The molecule has 0 bridgehead atoms. The predicted molar refractivity (Wildman–Crippen MR) is 70.1 cm³/mol. The molecule has 4 heteroatoms. The summed E-state index contributed by atoms with van der Waals surface area (Å²) in [5.74, 6) is 0.479. The molecule has 0 unspecified atom stereocenters. The van der Waals surface area contributed by atoms with Crippen molar-refractivity contribution < 1.29 is 0 Å². The highest BCUT2D eigenvalue weighted by Crippen LogP contribution is 2.23. The van der Waals surface area contributed by atoms with Crippen LogP contribution in [0.4, 0.5) is 0 Å². The van der Waals surface area contributed by atoms with Crippen molar-refractivity contribution in [1.29, 1.82) is 5.26 Å². The average molecular weight is 290 g/mol. The lowest BCUT2D eigenvalue weighted by Crippen LogP contribution is -1.95. The first-order valence-corrected chi connectivity index (χ1v) is 6.16. The zero-order chi connectivity index (χ0) is 12.4. The van der Waals surface area contributed by atoms with Gasteiger partial charge in [0.2, 0.25) is 0 Å². The minimum Gasteiger partial charge on any atom is -0.292 e. The van der Waals surface area contributed by atoms with Crippen LogP contribution in [0, 0.1) is 11.3 Å². The van der Waals surface area contributed by atoms with Crippen LogP contribution in [0.5, 0.6) is 0 Å². The Balaban J connectivity index is 2.50. The molecule has 0 N–H and O–H groups in total. The van der Waals surface area contributed by atoms with E-state index in [2.05, 4.69) is 46.9 Å². The molecule has 0 atom stereocenters. The SMILES string of the molecule is CC(C)c1cccc(-n2cnc(C#N)c2Br)c1. The summed E-state index contributed by atoms with van der Waals surface area (Å²) in [5, 5.41) is 8.87. The highest BCUT2D eigenvalue weighted by atomic mass is 79.9. The molecule has 0 aliphatic rings. The Morgan fingerprint density at radius 3 is 2.76 bits per heavy atom. The first kappa shape index (κ1) is 11.9. The quantitative estimate of drug-likeness (QED) is 0.847.